The first-order valence-corrected chi connectivity index (χ1v) is 7.14. The maximum Gasteiger partial charge on any atom is 0.269 e. The van der Waals surface area contributed by atoms with Crippen LogP contribution in [0, 0.1) is 6.92 Å². The van der Waals surface area contributed by atoms with Crippen LogP contribution >= 0.6 is 0 Å². The highest BCUT2D eigenvalue weighted by atomic mass is 16.2. The van der Waals surface area contributed by atoms with Gasteiger partial charge in [-0.1, -0.05) is 30.7 Å². The average Bonchev–Trinajstić information content (AvgIpc) is 2.40. The van der Waals surface area contributed by atoms with E-state index >= 15 is 0 Å². The van der Waals surface area contributed by atoms with Crippen LogP contribution in [0.2, 0.25) is 0 Å². The summed E-state index contributed by atoms with van der Waals surface area (Å²) in [4.78, 5) is 24.5. The number of nitrogens with one attached hydrogen (secondary N) is 1. The van der Waals surface area contributed by atoms with Crippen molar-refractivity contribution in [2.24, 2.45) is 0 Å². The summed E-state index contributed by atoms with van der Waals surface area (Å²) in [7, 11) is 0. The summed E-state index contributed by atoms with van der Waals surface area (Å²) in [6, 6.07) is 7.27. The van der Waals surface area contributed by atoms with Crippen molar-refractivity contribution in [1.82, 2.24) is 10.4 Å². The van der Waals surface area contributed by atoms with Crippen molar-refractivity contribution in [3.8, 4) is 0 Å². The molecule has 21 heavy (non-hydrogen) atoms. The van der Waals surface area contributed by atoms with E-state index in [1.54, 1.807) is 18.2 Å². The van der Waals surface area contributed by atoms with Gasteiger partial charge in [0.15, 0.2) is 0 Å². The van der Waals surface area contributed by atoms with Gasteiger partial charge < -0.3 is 0 Å². The van der Waals surface area contributed by atoms with Crippen LogP contribution in [0.4, 0.5) is 0 Å². The van der Waals surface area contributed by atoms with Crippen LogP contribution in [-0.2, 0) is 4.79 Å². The van der Waals surface area contributed by atoms with Crippen LogP contribution in [0.25, 0.3) is 0 Å². The molecule has 0 aliphatic heterocycles. The lowest BCUT2D eigenvalue weighted by atomic mass is 10.1. The Hall–Kier alpha value is -2.10. The van der Waals surface area contributed by atoms with E-state index in [1.165, 1.54) is 11.1 Å². The van der Waals surface area contributed by atoms with E-state index < -0.39 is 5.54 Å². The molecule has 0 fully saturated rings. The minimum atomic E-state index is -0.505. The number of benzene rings is 1. The van der Waals surface area contributed by atoms with E-state index in [4.69, 9.17) is 0 Å². The minimum Gasteiger partial charge on any atom is -0.268 e. The number of carbonyl (C=O) groups is 2. The smallest absolute Gasteiger partial charge is 0.268 e. The van der Waals surface area contributed by atoms with E-state index in [0.717, 1.165) is 12.0 Å². The molecule has 4 nitrogen and oxygen atoms in total. The molecule has 1 aromatic carbocycles. The molecular formula is C17H24N2O2. The normalized spacial score (nSPS) is 11.5. The molecule has 4 heteroatoms. The van der Waals surface area contributed by atoms with Crippen molar-refractivity contribution in [1.29, 1.82) is 0 Å². The number of carbonyl (C=O) groups excluding carboxylic acids is 2. The first-order chi connectivity index (χ1) is 9.75. The Morgan fingerprint density at radius 3 is 2.48 bits per heavy atom. The van der Waals surface area contributed by atoms with Gasteiger partial charge in [-0.3, -0.25) is 15.0 Å². The van der Waals surface area contributed by atoms with Crippen LogP contribution < -0.4 is 5.43 Å². The molecule has 1 rings (SSSR count). The summed E-state index contributed by atoms with van der Waals surface area (Å²) < 4.78 is 0. The van der Waals surface area contributed by atoms with Crippen molar-refractivity contribution in [2.75, 3.05) is 0 Å². The summed E-state index contributed by atoms with van der Waals surface area (Å²) in [6.07, 6.45) is 4.04. The first-order valence-electron chi connectivity index (χ1n) is 7.14. The SMILES string of the molecule is CCC=CC(=O)N(NC(=O)c1cccc(C)c1)C(C)(C)C. The monoisotopic (exact) mass is 288 g/mol. The van der Waals surface area contributed by atoms with E-state index in [1.807, 2.05) is 46.8 Å². The maximum atomic E-state index is 12.3. The summed E-state index contributed by atoms with van der Waals surface area (Å²) in [5.74, 6) is -0.516. The third-order valence-corrected chi connectivity index (χ3v) is 2.88. The number of amides is 2. The van der Waals surface area contributed by atoms with Gasteiger partial charge in [-0.15, -0.1) is 0 Å². The lowest BCUT2D eigenvalue weighted by Crippen LogP contribution is -2.55. The number of hydrogen-bond acceptors (Lipinski definition) is 2. The van der Waals surface area contributed by atoms with Crippen LogP contribution in [0.15, 0.2) is 36.4 Å². The second kappa shape index (κ2) is 7.07. The molecule has 0 aromatic heterocycles. The number of aryl methyl sites for hydroxylation is 1. The predicted octanol–water partition coefficient (Wildman–Crippen LogP) is 3.23. The Morgan fingerprint density at radius 2 is 1.95 bits per heavy atom. The Bertz CT molecular complexity index is 542. The van der Waals surface area contributed by atoms with E-state index in [2.05, 4.69) is 5.43 Å². The van der Waals surface area contributed by atoms with Crippen LogP contribution in [0.5, 0.6) is 0 Å². The van der Waals surface area contributed by atoms with Crippen molar-refractivity contribution in [2.45, 2.75) is 46.6 Å². The molecule has 0 saturated carbocycles. The van der Waals surface area contributed by atoms with Crippen LogP contribution in [0.3, 0.4) is 0 Å². The molecule has 1 N–H and O–H groups in total. The number of rotatable bonds is 3. The molecule has 0 saturated heterocycles. The molecule has 0 aliphatic rings. The lowest BCUT2D eigenvalue weighted by molar-refractivity contribution is -0.133. The molecule has 0 radical (unpaired) electrons. The maximum absolute atomic E-state index is 12.3. The summed E-state index contributed by atoms with van der Waals surface area (Å²) in [6.45, 7) is 9.51. The Balaban J connectivity index is 2.94. The zero-order chi connectivity index (χ0) is 16.0. The zero-order valence-corrected chi connectivity index (χ0v) is 13.4. The van der Waals surface area contributed by atoms with Gasteiger partial charge in [-0.25, -0.2) is 5.01 Å². The fraction of sp³-hybridized carbons (Fsp3) is 0.412. The third kappa shape index (κ3) is 5.06. The number of hydrazine groups is 1. The fourth-order valence-corrected chi connectivity index (χ4v) is 1.80. The van der Waals surface area contributed by atoms with E-state index in [9.17, 15) is 9.59 Å². The second-order valence-corrected chi connectivity index (χ2v) is 5.97. The molecule has 0 bridgehead atoms. The Labute approximate surface area is 126 Å². The van der Waals surface area contributed by atoms with Crippen LogP contribution in [0.1, 0.15) is 50.0 Å². The fourth-order valence-electron chi connectivity index (χ4n) is 1.80. The van der Waals surface area contributed by atoms with E-state index in [-0.39, 0.29) is 11.8 Å². The van der Waals surface area contributed by atoms with Crippen molar-refractivity contribution in [3.63, 3.8) is 0 Å². The minimum absolute atomic E-state index is 0.231. The van der Waals surface area contributed by atoms with E-state index in [0.29, 0.717) is 5.56 Å². The number of allylic oxidation sites excluding steroid dienone is 1. The Morgan fingerprint density at radius 1 is 1.29 bits per heavy atom. The quantitative estimate of drug-likeness (QED) is 0.685. The molecule has 1 aromatic rings. The van der Waals surface area contributed by atoms with Gasteiger partial charge >= 0.3 is 0 Å². The van der Waals surface area contributed by atoms with Crippen molar-refractivity contribution >= 4 is 11.8 Å². The number of hydrogen-bond donors (Lipinski definition) is 1. The second-order valence-electron chi connectivity index (χ2n) is 5.97. The number of nitrogens with zero attached hydrogens (tertiary/aromatic N) is 1. The predicted molar refractivity (Wildman–Crippen MR) is 84.7 cm³/mol. The average molecular weight is 288 g/mol. The largest absolute Gasteiger partial charge is 0.269 e. The zero-order valence-electron chi connectivity index (χ0n) is 13.4. The lowest BCUT2D eigenvalue weighted by Gasteiger charge is -2.34. The Kier molecular flexibility index (Phi) is 5.70. The summed E-state index contributed by atoms with van der Waals surface area (Å²) in [5, 5.41) is 1.36. The van der Waals surface area contributed by atoms with Gasteiger partial charge in [0.2, 0.25) is 0 Å². The van der Waals surface area contributed by atoms with Gasteiger partial charge in [0, 0.05) is 11.6 Å². The molecule has 114 valence electrons. The first kappa shape index (κ1) is 17.0. The molecule has 0 spiro atoms. The van der Waals surface area contributed by atoms with Gasteiger partial charge in [0.1, 0.15) is 0 Å². The van der Waals surface area contributed by atoms with Crippen molar-refractivity contribution < 1.29 is 9.59 Å². The molecular weight excluding hydrogens is 264 g/mol. The summed E-state index contributed by atoms with van der Waals surface area (Å²) in [5.41, 5.74) is 3.74. The molecule has 0 heterocycles. The highest BCUT2D eigenvalue weighted by Crippen LogP contribution is 2.13. The van der Waals surface area contributed by atoms with Gasteiger partial charge in [-0.2, -0.15) is 0 Å². The third-order valence-electron chi connectivity index (χ3n) is 2.88. The topological polar surface area (TPSA) is 49.4 Å². The van der Waals surface area contributed by atoms with Crippen molar-refractivity contribution in [3.05, 3.63) is 47.5 Å². The van der Waals surface area contributed by atoms with Gasteiger partial charge in [0.25, 0.3) is 11.8 Å². The highest BCUT2D eigenvalue weighted by Gasteiger charge is 2.27. The molecule has 0 aliphatic carbocycles. The molecule has 0 atom stereocenters. The molecule has 0 unspecified atom stereocenters. The highest BCUT2D eigenvalue weighted by molar-refractivity contribution is 5.97. The molecule has 2 amide bonds. The standard InChI is InChI=1S/C17H24N2O2/c1-6-7-11-15(20)19(17(3,4)5)18-16(21)14-10-8-9-13(2)12-14/h7-12H,6H2,1-5H3,(H,18,21). The van der Waals surface area contributed by atoms with Gasteiger partial charge in [0.05, 0.1) is 5.54 Å². The van der Waals surface area contributed by atoms with Crippen LogP contribution in [-0.4, -0.2) is 22.4 Å². The summed E-state index contributed by atoms with van der Waals surface area (Å²) >= 11 is 0. The van der Waals surface area contributed by atoms with Gasteiger partial charge in [-0.05, 0) is 46.2 Å².